The lowest BCUT2D eigenvalue weighted by molar-refractivity contribution is -0.351. The van der Waals surface area contributed by atoms with Gasteiger partial charge in [-0.1, -0.05) is 20.8 Å². The van der Waals surface area contributed by atoms with E-state index < -0.39 is 29.2 Å². The van der Waals surface area contributed by atoms with Crippen molar-refractivity contribution in [1.29, 1.82) is 0 Å². The van der Waals surface area contributed by atoms with E-state index in [1.54, 1.807) is 0 Å². The molecule has 1 N–H and O–H groups in total. The van der Waals surface area contributed by atoms with Crippen LogP contribution in [0.15, 0.2) is 0 Å². The van der Waals surface area contributed by atoms with Gasteiger partial charge in [0.1, 0.15) is 0 Å². The molecular weight excluding hydrogens is 242 g/mol. The van der Waals surface area contributed by atoms with Crippen molar-refractivity contribution in [2.24, 2.45) is 5.41 Å². The van der Waals surface area contributed by atoms with Gasteiger partial charge in [0, 0.05) is 5.41 Å². The molecule has 16 heavy (non-hydrogen) atoms. The average Bonchev–Trinajstić information content (AvgIpc) is 1.95. The van der Waals surface area contributed by atoms with E-state index in [9.17, 15) is 31.1 Å². The van der Waals surface area contributed by atoms with Crippen molar-refractivity contribution >= 4 is 5.78 Å². The molecule has 2 nitrogen and oxygen atoms in total. The van der Waals surface area contributed by atoms with Gasteiger partial charge >= 0.3 is 18.0 Å². The molecule has 0 saturated heterocycles. The van der Waals surface area contributed by atoms with Crippen molar-refractivity contribution in [1.82, 2.24) is 0 Å². The average molecular weight is 252 g/mol. The number of hydrogen-bond donors (Lipinski definition) is 1. The van der Waals surface area contributed by atoms with Gasteiger partial charge in [-0.25, -0.2) is 0 Å². The number of halogens is 6. The normalized spacial score (nSPS) is 15.1. The molecule has 0 rings (SSSR count). The monoisotopic (exact) mass is 252 g/mol. The molecule has 0 amide bonds. The largest absolute Gasteiger partial charge is 0.433 e. The fourth-order valence-electron chi connectivity index (χ4n) is 0.961. The van der Waals surface area contributed by atoms with Crippen LogP contribution in [-0.2, 0) is 4.79 Å². The zero-order valence-corrected chi connectivity index (χ0v) is 8.62. The summed E-state index contributed by atoms with van der Waals surface area (Å²) in [6, 6.07) is 0. The maximum Gasteiger partial charge on any atom is 0.433 e. The summed E-state index contributed by atoms with van der Waals surface area (Å²) in [5.41, 5.74) is -7.29. The van der Waals surface area contributed by atoms with Crippen LogP contribution in [-0.4, -0.2) is 28.8 Å². The second kappa shape index (κ2) is 3.61. The molecule has 0 aromatic carbocycles. The van der Waals surface area contributed by atoms with E-state index in [4.69, 9.17) is 5.11 Å². The van der Waals surface area contributed by atoms with E-state index in [1.165, 1.54) is 0 Å². The summed E-state index contributed by atoms with van der Waals surface area (Å²) >= 11 is 0. The van der Waals surface area contributed by atoms with Gasteiger partial charge in [-0.05, 0) is 0 Å². The first kappa shape index (κ1) is 15.2. The van der Waals surface area contributed by atoms with E-state index in [-0.39, 0.29) is 0 Å². The Hall–Kier alpha value is -0.790. The molecule has 0 atom stereocenters. The molecule has 0 unspecified atom stereocenters. The van der Waals surface area contributed by atoms with Crippen molar-refractivity contribution in [3.05, 3.63) is 0 Å². The third kappa shape index (κ3) is 2.31. The smallest absolute Gasteiger partial charge is 0.367 e. The Balaban J connectivity index is 5.74. The summed E-state index contributed by atoms with van der Waals surface area (Å²) < 4.78 is 73.1. The fraction of sp³-hybridized carbons (Fsp3) is 0.875. The SMILES string of the molecule is CC(C)(C)C(=O)C(O)(C(F)(F)F)C(F)(F)F. The molecule has 0 radical (unpaired) electrons. The van der Waals surface area contributed by atoms with Gasteiger partial charge in [0.15, 0.2) is 5.78 Å². The first-order valence-electron chi connectivity index (χ1n) is 4.06. The summed E-state index contributed by atoms with van der Waals surface area (Å²) in [7, 11) is 0. The minimum atomic E-state index is -6.10. The minimum absolute atomic E-state index is 0.859. The topological polar surface area (TPSA) is 37.3 Å². The van der Waals surface area contributed by atoms with Crippen LogP contribution < -0.4 is 0 Å². The number of ketones is 1. The van der Waals surface area contributed by atoms with E-state index in [1.807, 2.05) is 0 Å². The summed E-state index contributed by atoms with van der Waals surface area (Å²) in [6.07, 6.45) is -12.2. The zero-order chi connectivity index (χ0) is 13.6. The molecule has 0 aromatic rings. The van der Waals surface area contributed by atoms with Crippen LogP contribution in [0.1, 0.15) is 20.8 Å². The second-order valence-electron chi connectivity index (χ2n) is 4.29. The molecule has 0 aliphatic rings. The van der Waals surface area contributed by atoms with E-state index >= 15 is 0 Å². The summed E-state index contributed by atoms with van der Waals surface area (Å²) in [6.45, 7) is 2.58. The van der Waals surface area contributed by atoms with Crippen molar-refractivity contribution in [3.63, 3.8) is 0 Å². The van der Waals surface area contributed by atoms with Gasteiger partial charge in [-0.3, -0.25) is 4.79 Å². The molecule has 0 aliphatic heterocycles. The van der Waals surface area contributed by atoms with Gasteiger partial charge in [0.2, 0.25) is 0 Å². The maximum absolute atomic E-state index is 12.2. The second-order valence-corrected chi connectivity index (χ2v) is 4.29. The molecule has 8 heteroatoms. The molecular formula is C8H10F6O2. The third-order valence-corrected chi connectivity index (χ3v) is 1.83. The summed E-state index contributed by atoms with van der Waals surface area (Å²) in [5, 5.41) is 8.69. The standard InChI is InChI=1S/C8H10F6O2/c1-5(2,3)4(15)6(16,7(9,10)11)8(12,13)14/h16H,1-3H3. The lowest BCUT2D eigenvalue weighted by Gasteiger charge is -2.35. The first-order valence-corrected chi connectivity index (χ1v) is 4.06. The number of carbonyl (C=O) groups is 1. The highest BCUT2D eigenvalue weighted by atomic mass is 19.4. The zero-order valence-electron chi connectivity index (χ0n) is 8.62. The molecule has 0 bridgehead atoms. The lowest BCUT2D eigenvalue weighted by Crippen LogP contribution is -2.65. The molecule has 96 valence electrons. The highest BCUT2D eigenvalue weighted by Crippen LogP contribution is 2.46. The van der Waals surface area contributed by atoms with Crippen molar-refractivity contribution in [2.45, 2.75) is 38.7 Å². The van der Waals surface area contributed by atoms with E-state index in [0.717, 1.165) is 20.8 Å². The van der Waals surface area contributed by atoms with Gasteiger partial charge in [0.05, 0.1) is 0 Å². The predicted octanol–water partition coefficient (Wildman–Crippen LogP) is 2.46. The Morgan fingerprint density at radius 1 is 0.875 bits per heavy atom. The van der Waals surface area contributed by atoms with Gasteiger partial charge in [0.25, 0.3) is 0 Å². The Labute approximate surface area is 87.2 Å². The molecule has 0 heterocycles. The Morgan fingerprint density at radius 2 is 1.12 bits per heavy atom. The lowest BCUT2D eigenvalue weighted by atomic mass is 9.79. The number of alkyl halides is 6. The van der Waals surface area contributed by atoms with Crippen LogP contribution in [0.25, 0.3) is 0 Å². The number of hydrogen-bond acceptors (Lipinski definition) is 2. The first-order chi connectivity index (χ1) is 6.65. The van der Waals surface area contributed by atoms with E-state index in [0.29, 0.717) is 0 Å². The molecule has 0 aromatic heterocycles. The van der Waals surface area contributed by atoms with Crippen molar-refractivity contribution < 1.29 is 36.2 Å². The van der Waals surface area contributed by atoms with Crippen LogP contribution >= 0.6 is 0 Å². The summed E-state index contributed by atoms with van der Waals surface area (Å²) in [5.74, 6) is -2.33. The van der Waals surface area contributed by atoms with Crippen molar-refractivity contribution in [3.8, 4) is 0 Å². The fourth-order valence-corrected chi connectivity index (χ4v) is 0.961. The molecule has 0 aliphatic carbocycles. The Kier molecular flexibility index (Phi) is 3.43. The number of carbonyl (C=O) groups excluding carboxylic acids is 1. The highest BCUT2D eigenvalue weighted by Gasteiger charge is 2.76. The molecule has 0 fully saturated rings. The third-order valence-electron chi connectivity index (χ3n) is 1.83. The van der Waals surface area contributed by atoms with Gasteiger partial charge in [-0.15, -0.1) is 0 Å². The van der Waals surface area contributed by atoms with Gasteiger partial charge in [-0.2, -0.15) is 26.3 Å². The van der Waals surface area contributed by atoms with Crippen LogP contribution in [0.4, 0.5) is 26.3 Å². The quantitative estimate of drug-likeness (QED) is 0.728. The van der Waals surface area contributed by atoms with E-state index in [2.05, 4.69) is 0 Å². The predicted molar refractivity (Wildman–Crippen MR) is 41.5 cm³/mol. The Bertz CT molecular complexity index is 268. The Morgan fingerprint density at radius 3 is 1.19 bits per heavy atom. The van der Waals surface area contributed by atoms with Crippen LogP contribution in [0.3, 0.4) is 0 Å². The highest BCUT2D eigenvalue weighted by molar-refractivity contribution is 5.93. The number of Topliss-reactive ketones (excluding diaryl/α,β-unsaturated/α-hetero) is 1. The molecule has 0 spiro atoms. The molecule has 0 saturated carbocycles. The minimum Gasteiger partial charge on any atom is -0.367 e. The van der Waals surface area contributed by atoms with Crippen LogP contribution in [0.2, 0.25) is 0 Å². The van der Waals surface area contributed by atoms with Crippen molar-refractivity contribution in [2.75, 3.05) is 0 Å². The maximum atomic E-state index is 12.2. The van der Waals surface area contributed by atoms with Crippen LogP contribution in [0.5, 0.6) is 0 Å². The van der Waals surface area contributed by atoms with Gasteiger partial charge < -0.3 is 5.11 Å². The number of aliphatic hydroxyl groups is 1. The number of rotatable bonds is 1. The summed E-state index contributed by atoms with van der Waals surface area (Å²) in [4.78, 5) is 11.1. The van der Waals surface area contributed by atoms with Crippen LogP contribution in [0, 0.1) is 5.41 Å².